The van der Waals surface area contributed by atoms with Crippen molar-refractivity contribution in [2.75, 3.05) is 40.9 Å². The number of amides is 1. The average Bonchev–Trinajstić information content (AvgIpc) is 3.43. The SMILES string of the molecule is CC/C=C\C/C=C\C/C=C\C/C=C\C/C=C\C/C=C\CCCCCCCCCCC(=O)OC(/C=C\CCCCCCCCCCC)C(COP(=O)([O-])OCC[N+](C)(C)C)NC(=O)CCCCCCCC/C=C/C/C=C/C/C=C/CC. The highest BCUT2D eigenvalue weighted by Crippen LogP contribution is 2.38. The topological polar surface area (TPSA) is 114 Å². The van der Waals surface area contributed by atoms with Gasteiger partial charge in [-0.25, -0.2) is 0 Å². The lowest BCUT2D eigenvalue weighted by atomic mass is 10.1. The molecule has 0 radical (unpaired) electrons. The Bertz CT molecular complexity index is 1780. The van der Waals surface area contributed by atoms with Gasteiger partial charge in [0.05, 0.1) is 33.8 Å². The summed E-state index contributed by atoms with van der Waals surface area (Å²) in [4.78, 5) is 40.0. The molecule has 80 heavy (non-hydrogen) atoms. The number of likely N-dealkylation sites (N-methyl/N-ethyl adjacent to an activating group) is 1. The fraction of sp³-hybridized carbons (Fsp3) is 0.686. The van der Waals surface area contributed by atoms with Gasteiger partial charge in [0.1, 0.15) is 19.3 Å². The zero-order chi connectivity index (χ0) is 58.6. The van der Waals surface area contributed by atoms with Crippen molar-refractivity contribution in [3.8, 4) is 0 Å². The number of nitrogens with zero attached hydrogens (tertiary/aromatic N) is 1. The number of carbonyl (C=O) groups is 2. The fourth-order valence-electron chi connectivity index (χ4n) is 8.72. The van der Waals surface area contributed by atoms with Crippen molar-refractivity contribution < 1.29 is 37.3 Å². The third-order valence-corrected chi connectivity index (χ3v) is 14.6. The summed E-state index contributed by atoms with van der Waals surface area (Å²) in [7, 11) is 1.15. The first-order valence-electron chi connectivity index (χ1n) is 32.3. The van der Waals surface area contributed by atoms with Gasteiger partial charge >= 0.3 is 5.97 Å². The van der Waals surface area contributed by atoms with E-state index in [0.29, 0.717) is 23.9 Å². The summed E-state index contributed by atoms with van der Waals surface area (Å²) in [5.41, 5.74) is 0. The maximum atomic E-state index is 13.5. The number of phosphoric ester groups is 1. The van der Waals surface area contributed by atoms with E-state index in [4.69, 9.17) is 13.8 Å². The first-order valence-corrected chi connectivity index (χ1v) is 33.8. The molecule has 0 aliphatic rings. The second kappa shape index (κ2) is 58.6. The third-order valence-electron chi connectivity index (χ3n) is 13.6. The number of quaternary nitrogens is 1. The Kier molecular flexibility index (Phi) is 56.0. The highest BCUT2D eigenvalue weighted by atomic mass is 31.2. The molecule has 0 fully saturated rings. The average molecular weight is 1130 g/mol. The van der Waals surface area contributed by atoms with Gasteiger partial charge < -0.3 is 28.5 Å². The van der Waals surface area contributed by atoms with Crippen molar-refractivity contribution in [1.82, 2.24) is 5.32 Å². The van der Waals surface area contributed by atoms with Crippen LogP contribution in [0.15, 0.2) is 122 Å². The van der Waals surface area contributed by atoms with Gasteiger partial charge in [-0.15, -0.1) is 0 Å². The molecule has 0 rings (SSSR count). The minimum absolute atomic E-state index is 0.0326. The van der Waals surface area contributed by atoms with Gasteiger partial charge in [0.2, 0.25) is 5.91 Å². The molecule has 0 aromatic heterocycles. The summed E-state index contributed by atoms with van der Waals surface area (Å²) >= 11 is 0. The maximum absolute atomic E-state index is 13.5. The fourth-order valence-corrected chi connectivity index (χ4v) is 9.44. The Morgan fingerprint density at radius 3 is 1.20 bits per heavy atom. The minimum atomic E-state index is -4.71. The van der Waals surface area contributed by atoms with Crippen LogP contribution in [0.4, 0.5) is 0 Å². The van der Waals surface area contributed by atoms with Crippen LogP contribution in [0.1, 0.15) is 258 Å². The molecule has 0 saturated heterocycles. The number of carbonyl (C=O) groups excluding carboxylic acids is 2. The molecule has 0 aromatic carbocycles. The summed E-state index contributed by atoms with van der Waals surface area (Å²) in [6.07, 6.45) is 81.7. The number of unbranched alkanes of at least 4 members (excludes halogenated alkanes) is 23. The van der Waals surface area contributed by atoms with Crippen LogP contribution >= 0.6 is 7.82 Å². The number of nitrogens with one attached hydrogen (secondary N) is 1. The van der Waals surface area contributed by atoms with Crippen LogP contribution in [0, 0.1) is 0 Å². The Morgan fingerprint density at radius 1 is 0.450 bits per heavy atom. The lowest BCUT2D eigenvalue weighted by Gasteiger charge is -2.30. The first-order chi connectivity index (χ1) is 38.9. The quantitative estimate of drug-likeness (QED) is 0.0212. The van der Waals surface area contributed by atoms with Crippen LogP contribution in [0.5, 0.6) is 0 Å². The monoisotopic (exact) mass is 1130 g/mol. The van der Waals surface area contributed by atoms with Crippen LogP contribution in [0.2, 0.25) is 0 Å². The zero-order valence-corrected chi connectivity index (χ0v) is 53.1. The molecule has 458 valence electrons. The molecule has 1 N–H and O–H groups in total. The molecular weight excluding hydrogens is 1010 g/mol. The molecular formula is C70H121N2O7P. The number of hydrogen-bond acceptors (Lipinski definition) is 7. The largest absolute Gasteiger partial charge is 0.756 e. The minimum Gasteiger partial charge on any atom is -0.756 e. The molecule has 3 atom stereocenters. The molecule has 0 bridgehead atoms. The van der Waals surface area contributed by atoms with Crippen LogP contribution < -0.4 is 10.2 Å². The molecule has 0 aliphatic heterocycles. The molecule has 1 amide bonds. The van der Waals surface area contributed by atoms with Crippen molar-refractivity contribution in [2.24, 2.45) is 0 Å². The first kappa shape index (κ1) is 76.4. The predicted molar refractivity (Wildman–Crippen MR) is 343 cm³/mol. The van der Waals surface area contributed by atoms with E-state index in [1.54, 1.807) is 0 Å². The highest BCUT2D eigenvalue weighted by molar-refractivity contribution is 7.45. The van der Waals surface area contributed by atoms with Gasteiger partial charge in [0.25, 0.3) is 7.82 Å². The molecule has 0 spiro atoms. The van der Waals surface area contributed by atoms with Crippen molar-refractivity contribution >= 4 is 19.7 Å². The van der Waals surface area contributed by atoms with Crippen LogP contribution in [-0.2, 0) is 27.9 Å². The highest BCUT2D eigenvalue weighted by Gasteiger charge is 2.27. The zero-order valence-electron chi connectivity index (χ0n) is 52.2. The van der Waals surface area contributed by atoms with E-state index < -0.39 is 26.6 Å². The molecule has 10 heteroatoms. The molecule has 9 nitrogen and oxygen atoms in total. The van der Waals surface area contributed by atoms with Gasteiger partial charge in [-0.3, -0.25) is 14.2 Å². The van der Waals surface area contributed by atoms with E-state index in [9.17, 15) is 19.0 Å². The summed E-state index contributed by atoms with van der Waals surface area (Å²) in [6, 6.07) is -0.907. The molecule has 0 heterocycles. The van der Waals surface area contributed by atoms with Crippen molar-refractivity contribution in [1.29, 1.82) is 0 Å². The summed E-state index contributed by atoms with van der Waals surface area (Å²) < 4.78 is 30.3. The normalized spacial score (nSPS) is 14.4. The second-order valence-electron chi connectivity index (χ2n) is 22.5. The van der Waals surface area contributed by atoms with Gasteiger partial charge in [-0.05, 0) is 115 Å². The van der Waals surface area contributed by atoms with Gasteiger partial charge in [0, 0.05) is 12.8 Å². The molecule has 0 aromatic rings. The van der Waals surface area contributed by atoms with Gasteiger partial charge in [0.15, 0.2) is 0 Å². The molecule has 0 saturated carbocycles. The standard InChI is InChI=1S/C70H121N2O7P/c1-7-10-13-16-19-22-25-27-29-31-32-33-34-35-36-37-38-39-40-41-43-45-48-51-54-57-60-63-70(74)79-68(61-58-55-52-49-46-24-21-18-15-12-9-3)67(66-78-80(75,76)77-65-64-72(4,5)6)71-69(73)62-59-56-53-50-47-44-42-30-28-26-23-20-17-14-11-8-2/h10-11,13-14,19-20,22-23,27-30,32-33,35-36,38-39,58,61,67-68H,7-9,12,15-18,21,24-26,31,34,37,40-57,59-60,62-66H2,1-6H3,(H-,71,73,75,76)/b13-10-,14-11+,22-19-,23-20+,29-27-,30-28+,33-32-,36-35-,39-38-,61-58-. The van der Waals surface area contributed by atoms with Crippen LogP contribution in [0.3, 0.4) is 0 Å². The lowest BCUT2D eigenvalue weighted by molar-refractivity contribution is -0.870. The van der Waals surface area contributed by atoms with E-state index in [1.807, 2.05) is 33.3 Å². The number of hydrogen-bond donors (Lipinski definition) is 1. The van der Waals surface area contributed by atoms with E-state index in [0.717, 1.165) is 148 Å². The summed E-state index contributed by atoms with van der Waals surface area (Å²) in [6.45, 7) is 6.59. The number of esters is 1. The Hall–Kier alpha value is -3.59. The van der Waals surface area contributed by atoms with E-state index in [1.165, 1.54) is 70.6 Å². The smallest absolute Gasteiger partial charge is 0.306 e. The Morgan fingerprint density at radius 2 is 0.800 bits per heavy atom. The summed E-state index contributed by atoms with van der Waals surface area (Å²) in [5.74, 6) is -0.573. The van der Waals surface area contributed by atoms with E-state index >= 15 is 0 Å². The number of rotatable bonds is 57. The Balaban J connectivity index is 5.13. The second-order valence-corrected chi connectivity index (χ2v) is 23.9. The third kappa shape index (κ3) is 59.0. The van der Waals surface area contributed by atoms with Gasteiger partial charge in [-0.1, -0.05) is 252 Å². The van der Waals surface area contributed by atoms with Crippen molar-refractivity contribution in [2.45, 2.75) is 270 Å². The van der Waals surface area contributed by atoms with Crippen LogP contribution in [-0.4, -0.2) is 69.4 Å². The Labute approximate surface area is 493 Å². The number of allylic oxidation sites excluding steroid dienone is 19. The predicted octanol–water partition coefficient (Wildman–Crippen LogP) is 19.6. The molecule has 0 aliphatic carbocycles. The van der Waals surface area contributed by atoms with Crippen molar-refractivity contribution in [3.05, 3.63) is 122 Å². The van der Waals surface area contributed by atoms with Crippen molar-refractivity contribution in [3.63, 3.8) is 0 Å². The van der Waals surface area contributed by atoms with Crippen LogP contribution in [0.25, 0.3) is 0 Å². The summed E-state index contributed by atoms with van der Waals surface area (Å²) in [5, 5.41) is 3.02. The van der Waals surface area contributed by atoms with E-state index in [-0.39, 0.29) is 24.9 Å². The lowest BCUT2D eigenvalue weighted by Crippen LogP contribution is -2.47. The van der Waals surface area contributed by atoms with E-state index in [2.05, 4.69) is 135 Å². The maximum Gasteiger partial charge on any atom is 0.306 e. The number of ether oxygens (including phenoxy) is 1. The molecule has 3 unspecified atom stereocenters. The number of phosphoric acid groups is 1. The van der Waals surface area contributed by atoms with Gasteiger partial charge in [-0.2, -0.15) is 0 Å².